The van der Waals surface area contributed by atoms with Crippen LogP contribution in [-0.4, -0.2) is 42.3 Å². The quantitative estimate of drug-likeness (QED) is 0.412. The summed E-state index contributed by atoms with van der Waals surface area (Å²) in [4.78, 5) is 10.5. The summed E-state index contributed by atoms with van der Waals surface area (Å²) >= 11 is 1.78. The number of fused-ring (bicyclic) bond motifs is 2. The van der Waals surface area contributed by atoms with Crippen LogP contribution < -0.4 is 10.6 Å². The maximum atomic E-state index is 5.90. The molecule has 3 rings (SSSR count). The average Bonchev–Trinajstić information content (AvgIpc) is 3.15. The SMILES string of the molecule is CCNC(=NCCc1sc(C)nc1C)NC1CC2CCC1O2.I. The highest BCUT2D eigenvalue weighted by atomic mass is 127. The number of rotatable bonds is 5. The Morgan fingerprint density at radius 3 is 2.78 bits per heavy atom. The Balaban J connectivity index is 0.00000192. The summed E-state index contributed by atoms with van der Waals surface area (Å²) in [6, 6.07) is 0.420. The number of nitrogens with one attached hydrogen (secondary N) is 2. The smallest absolute Gasteiger partial charge is 0.191 e. The van der Waals surface area contributed by atoms with Crippen LogP contribution in [0.15, 0.2) is 4.99 Å². The van der Waals surface area contributed by atoms with Gasteiger partial charge < -0.3 is 15.4 Å². The van der Waals surface area contributed by atoms with Crippen LogP contribution in [-0.2, 0) is 11.2 Å². The van der Waals surface area contributed by atoms with Crippen LogP contribution in [0.5, 0.6) is 0 Å². The summed E-state index contributed by atoms with van der Waals surface area (Å²) in [6.45, 7) is 7.92. The Bertz CT molecular complexity index is 548. The summed E-state index contributed by atoms with van der Waals surface area (Å²) in [6.07, 6.45) is 5.32. The molecule has 2 aliphatic heterocycles. The molecule has 0 spiro atoms. The molecule has 3 unspecified atom stereocenters. The molecule has 2 saturated heterocycles. The van der Waals surface area contributed by atoms with E-state index in [0.29, 0.717) is 18.2 Å². The van der Waals surface area contributed by atoms with E-state index in [9.17, 15) is 0 Å². The minimum Gasteiger partial charge on any atom is -0.373 e. The maximum Gasteiger partial charge on any atom is 0.191 e. The lowest BCUT2D eigenvalue weighted by Crippen LogP contribution is -2.47. The molecule has 1 aromatic rings. The van der Waals surface area contributed by atoms with E-state index >= 15 is 0 Å². The zero-order valence-electron chi connectivity index (χ0n) is 14.1. The summed E-state index contributed by atoms with van der Waals surface area (Å²) in [7, 11) is 0. The molecule has 130 valence electrons. The molecule has 0 saturated carbocycles. The van der Waals surface area contributed by atoms with Crippen molar-refractivity contribution < 1.29 is 4.74 Å². The lowest BCUT2D eigenvalue weighted by atomic mass is 9.96. The van der Waals surface area contributed by atoms with Crippen molar-refractivity contribution in [2.75, 3.05) is 13.1 Å². The fourth-order valence-corrected chi connectivity index (χ4v) is 4.29. The third-order valence-corrected chi connectivity index (χ3v) is 5.51. The van der Waals surface area contributed by atoms with Crippen LogP contribution in [0.3, 0.4) is 0 Å². The second-order valence-corrected chi connectivity index (χ2v) is 7.40. The molecule has 2 N–H and O–H groups in total. The van der Waals surface area contributed by atoms with Gasteiger partial charge in [-0.1, -0.05) is 0 Å². The van der Waals surface area contributed by atoms with Crippen molar-refractivity contribution in [2.24, 2.45) is 4.99 Å². The molecule has 2 bridgehead atoms. The standard InChI is InChI=1S/C16H26N4OS.HI/c1-4-17-16(20-13-9-12-5-6-14(13)21-12)18-8-7-15-10(2)19-11(3)22-15;/h12-14H,4-9H2,1-3H3,(H2,17,18,20);1H. The predicted octanol–water partition coefficient (Wildman–Crippen LogP) is 2.80. The Morgan fingerprint density at radius 2 is 2.22 bits per heavy atom. The molecular weight excluding hydrogens is 423 g/mol. The van der Waals surface area contributed by atoms with Crippen LogP contribution in [0.2, 0.25) is 0 Å². The van der Waals surface area contributed by atoms with Gasteiger partial charge in [0.2, 0.25) is 0 Å². The topological polar surface area (TPSA) is 58.5 Å². The lowest BCUT2D eigenvalue weighted by molar-refractivity contribution is 0.0992. The van der Waals surface area contributed by atoms with Gasteiger partial charge in [-0.2, -0.15) is 0 Å². The highest BCUT2D eigenvalue weighted by molar-refractivity contribution is 14.0. The van der Waals surface area contributed by atoms with Gasteiger partial charge in [-0.3, -0.25) is 4.99 Å². The number of aromatic nitrogens is 1. The largest absolute Gasteiger partial charge is 0.373 e. The summed E-state index contributed by atoms with van der Waals surface area (Å²) in [5.74, 6) is 0.919. The van der Waals surface area contributed by atoms with E-state index in [1.54, 1.807) is 11.3 Å². The van der Waals surface area contributed by atoms with E-state index in [-0.39, 0.29) is 24.0 Å². The molecule has 3 heterocycles. The van der Waals surface area contributed by atoms with Gasteiger partial charge in [0.15, 0.2) is 5.96 Å². The van der Waals surface area contributed by atoms with E-state index < -0.39 is 0 Å². The molecule has 0 amide bonds. The van der Waals surface area contributed by atoms with Crippen molar-refractivity contribution >= 4 is 41.3 Å². The van der Waals surface area contributed by atoms with Crippen molar-refractivity contribution in [2.45, 2.75) is 64.7 Å². The lowest BCUT2D eigenvalue weighted by Gasteiger charge is -2.22. The minimum atomic E-state index is 0. The first-order chi connectivity index (χ1) is 10.7. The Labute approximate surface area is 159 Å². The zero-order chi connectivity index (χ0) is 15.5. The average molecular weight is 450 g/mol. The van der Waals surface area contributed by atoms with E-state index in [4.69, 9.17) is 9.73 Å². The summed E-state index contributed by atoms with van der Waals surface area (Å²) < 4.78 is 5.90. The Kier molecular flexibility index (Phi) is 7.09. The molecule has 2 fully saturated rings. The number of guanidine groups is 1. The molecule has 2 aliphatic rings. The summed E-state index contributed by atoms with van der Waals surface area (Å²) in [5.41, 5.74) is 1.15. The third-order valence-electron chi connectivity index (χ3n) is 4.38. The number of hydrogen-bond acceptors (Lipinski definition) is 4. The Morgan fingerprint density at radius 1 is 1.39 bits per heavy atom. The molecule has 1 aromatic heterocycles. The van der Waals surface area contributed by atoms with Gasteiger partial charge in [-0.15, -0.1) is 35.3 Å². The van der Waals surface area contributed by atoms with E-state index in [1.165, 1.54) is 17.7 Å². The van der Waals surface area contributed by atoms with Gasteiger partial charge in [0.25, 0.3) is 0 Å². The normalized spacial score (nSPS) is 26.2. The molecule has 5 nitrogen and oxygen atoms in total. The fraction of sp³-hybridized carbons (Fsp3) is 0.750. The van der Waals surface area contributed by atoms with E-state index in [1.807, 2.05) is 0 Å². The number of hydrogen-bond donors (Lipinski definition) is 2. The molecule has 7 heteroatoms. The first-order valence-electron chi connectivity index (χ1n) is 8.29. The molecule has 0 aromatic carbocycles. The van der Waals surface area contributed by atoms with Crippen LogP contribution in [0.4, 0.5) is 0 Å². The third kappa shape index (κ3) is 4.79. The van der Waals surface area contributed by atoms with Crippen molar-refractivity contribution in [3.05, 3.63) is 15.6 Å². The van der Waals surface area contributed by atoms with Crippen molar-refractivity contribution in [1.29, 1.82) is 0 Å². The maximum absolute atomic E-state index is 5.90. The first-order valence-corrected chi connectivity index (χ1v) is 9.10. The van der Waals surface area contributed by atoms with Gasteiger partial charge >= 0.3 is 0 Å². The number of halogens is 1. The van der Waals surface area contributed by atoms with Crippen molar-refractivity contribution in [1.82, 2.24) is 15.6 Å². The van der Waals surface area contributed by atoms with E-state index in [2.05, 4.69) is 36.4 Å². The van der Waals surface area contributed by atoms with Crippen LogP contribution >= 0.6 is 35.3 Å². The van der Waals surface area contributed by atoms with Gasteiger partial charge in [0, 0.05) is 24.4 Å². The number of thiazole rings is 1. The monoisotopic (exact) mass is 450 g/mol. The number of ether oxygens (including phenoxy) is 1. The molecule has 3 atom stereocenters. The zero-order valence-corrected chi connectivity index (χ0v) is 17.2. The number of aliphatic imine (C=N–C) groups is 1. The van der Waals surface area contributed by atoms with Gasteiger partial charge in [0.05, 0.1) is 29.0 Å². The van der Waals surface area contributed by atoms with Gasteiger partial charge in [-0.25, -0.2) is 4.98 Å². The number of nitrogens with zero attached hydrogens (tertiary/aromatic N) is 2. The molecule has 23 heavy (non-hydrogen) atoms. The van der Waals surface area contributed by atoms with Crippen molar-refractivity contribution in [3.63, 3.8) is 0 Å². The van der Waals surface area contributed by atoms with Crippen LogP contribution in [0.1, 0.15) is 41.8 Å². The second-order valence-electron chi connectivity index (χ2n) is 6.11. The highest BCUT2D eigenvalue weighted by Crippen LogP contribution is 2.34. The number of aryl methyl sites for hydroxylation is 2. The second kappa shape index (κ2) is 8.62. The van der Waals surface area contributed by atoms with Gasteiger partial charge in [0.1, 0.15) is 0 Å². The van der Waals surface area contributed by atoms with Crippen LogP contribution in [0, 0.1) is 13.8 Å². The fourth-order valence-electron chi connectivity index (χ4n) is 3.36. The molecule has 0 aliphatic carbocycles. The minimum absolute atomic E-state index is 0. The first kappa shape index (κ1) is 18.9. The van der Waals surface area contributed by atoms with Crippen LogP contribution in [0.25, 0.3) is 0 Å². The summed E-state index contributed by atoms with van der Waals surface area (Å²) in [5, 5.41) is 8.04. The molecule has 0 radical (unpaired) electrons. The highest BCUT2D eigenvalue weighted by Gasteiger charge is 2.41. The van der Waals surface area contributed by atoms with E-state index in [0.717, 1.165) is 42.6 Å². The molecular formula is C16H27IN4OS. The van der Waals surface area contributed by atoms with Crippen molar-refractivity contribution in [3.8, 4) is 0 Å². The Hall–Kier alpha value is -0.410. The predicted molar refractivity (Wildman–Crippen MR) is 106 cm³/mol. The van der Waals surface area contributed by atoms with Gasteiger partial charge in [-0.05, 0) is 40.0 Å².